The van der Waals surface area contributed by atoms with Crippen LogP contribution in [-0.2, 0) is 25.9 Å². The van der Waals surface area contributed by atoms with E-state index in [-0.39, 0.29) is 0 Å². The maximum Gasteiger partial charge on any atom is 0.0827 e. The van der Waals surface area contributed by atoms with Gasteiger partial charge in [-0.25, -0.2) is 0 Å². The minimum atomic E-state index is 0.851. The lowest BCUT2D eigenvalue weighted by Crippen LogP contribution is -1.96. The van der Waals surface area contributed by atoms with Crippen LogP contribution in [0.4, 0.5) is 0 Å². The Kier molecular flexibility index (Phi) is 20.9. The SMILES string of the molecule is CC.CCCCCCCc1cn(CC)nn1.CCCn1cc(CCCCCCC(C)C)nn1. The molecule has 0 aliphatic carbocycles. The zero-order valence-corrected chi connectivity index (χ0v) is 23.0. The normalized spacial score (nSPS) is 10.5. The summed E-state index contributed by atoms with van der Waals surface area (Å²) in [5.74, 6) is 0.851. The second kappa shape index (κ2) is 22.1. The van der Waals surface area contributed by atoms with Gasteiger partial charge in [0.2, 0.25) is 0 Å². The maximum atomic E-state index is 4.19. The van der Waals surface area contributed by atoms with E-state index in [0.29, 0.717) is 0 Å². The van der Waals surface area contributed by atoms with Crippen molar-refractivity contribution < 1.29 is 0 Å². The fraction of sp³-hybridized carbons (Fsp3) is 0.852. The van der Waals surface area contributed by atoms with Gasteiger partial charge >= 0.3 is 0 Å². The summed E-state index contributed by atoms with van der Waals surface area (Å²) in [5.41, 5.74) is 2.30. The molecule has 0 aromatic carbocycles. The van der Waals surface area contributed by atoms with E-state index in [2.05, 4.69) is 67.6 Å². The molecule has 0 bridgehead atoms. The fourth-order valence-corrected chi connectivity index (χ4v) is 3.52. The number of unbranched alkanes of at least 4 members (excludes halogenated alkanes) is 7. The van der Waals surface area contributed by atoms with Crippen LogP contribution < -0.4 is 0 Å². The van der Waals surface area contributed by atoms with Crippen LogP contribution >= 0.6 is 0 Å². The van der Waals surface area contributed by atoms with Gasteiger partial charge in [0.1, 0.15) is 0 Å². The van der Waals surface area contributed by atoms with Crippen molar-refractivity contribution in [3.63, 3.8) is 0 Å². The fourth-order valence-electron chi connectivity index (χ4n) is 3.52. The van der Waals surface area contributed by atoms with Gasteiger partial charge < -0.3 is 0 Å². The summed E-state index contributed by atoms with van der Waals surface area (Å²) >= 11 is 0. The molecule has 6 nitrogen and oxygen atoms in total. The highest BCUT2D eigenvalue weighted by Gasteiger charge is 2.01. The molecule has 0 amide bonds. The molecule has 0 aliphatic rings. The third-order valence-corrected chi connectivity index (χ3v) is 5.45. The Morgan fingerprint density at radius 2 is 1.18 bits per heavy atom. The van der Waals surface area contributed by atoms with Crippen molar-refractivity contribution >= 4 is 0 Å². The van der Waals surface area contributed by atoms with Crippen LogP contribution in [0.15, 0.2) is 12.4 Å². The second-order valence-electron chi connectivity index (χ2n) is 9.05. The highest BCUT2D eigenvalue weighted by molar-refractivity contribution is 4.92. The van der Waals surface area contributed by atoms with Gasteiger partial charge in [0.15, 0.2) is 0 Å². The number of aromatic nitrogens is 6. The molecule has 33 heavy (non-hydrogen) atoms. The predicted molar refractivity (Wildman–Crippen MR) is 141 cm³/mol. The van der Waals surface area contributed by atoms with E-state index in [0.717, 1.165) is 49.7 Å². The zero-order chi connectivity index (χ0) is 24.7. The van der Waals surface area contributed by atoms with Gasteiger partial charge in [-0.15, -0.1) is 10.2 Å². The van der Waals surface area contributed by atoms with Gasteiger partial charge in [-0.2, -0.15) is 0 Å². The zero-order valence-electron chi connectivity index (χ0n) is 23.0. The van der Waals surface area contributed by atoms with Gasteiger partial charge in [0, 0.05) is 25.5 Å². The first-order valence-corrected chi connectivity index (χ1v) is 13.9. The second-order valence-corrected chi connectivity index (χ2v) is 9.05. The summed E-state index contributed by atoms with van der Waals surface area (Å²) in [6.45, 7) is 17.0. The molecule has 0 saturated carbocycles. The Labute approximate surface area is 204 Å². The molecule has 2 heterocycles. The van der Waals surface area contributed by atoms with E-state index in [1.807, 2.05) is 23.2 Å². The summed E-state index contributed by atoms with van der Waals surface area (Å²) in [7, 11) is 0. The average Bonchev–Trinajstić information content (AvgIpc) is 3.47. The minimum Gasteiger partial charge on any atom is -0.253 e. The summed E-state index contributed by atoms with van der Waals surface area (Å²) < 4.78 is 3.84. The molecule has 0 fully saturated rings. The molecule has 2 aromatic rings. The van der Waals surface area contributed by atoms with Gasteiger partial charge in [-0.05, 0) is 44.9 Å². The Bertz CT molecular complexity index is 647. The van der Waals surface area contributed by atoms with Crippen molar-refractivity contribution in [3.8, 4) is 0 Å². The molecule has 192 valence electrons. The molecule has 0 aliphatic heterocycles. The molecule has 0 radical (unpaired) electrons. The number of hydrogen-bond donors (Lipinski definition) is 0. The van der Waals surface area contributed by atoms with E-state index >= 15 is 0 Å². The van der Waals surface area contributed by atoms with Crippen molar-refractivity contribution in [2.24, 2.45) is 5.92 Å². The van der Waals surface area contributed by atoms with Crippen molar-refractivity contribution in [1.29, 1.82) is 0 Å². The Hall–Kier alpha value is -1.72. The van der Waals surface area contributed by atoms with E-state index in [9.17, 15) is 0 Å². The van der Waals surface area contributed by atoms with Crippen LogP contribution in [0.3, 0.4) is 0 Å². The number of rotatable bonds is 16. The van der Waals surface area contributed by atoms with Crippen LogP contribution in [0.25, 0.3) is 0 Å². The lowest BCUT2D eigenvalue weighted by molar-refractivity contribution is 0.519. The smallest absolute Gasteiger partial charge is 0.0827 e. The van der Waals surface area contributed by atoms with Crippen LogP contribution in [0.5, 0.6) is 0 Å². The third-order valence-electron chi connectivity index (χ3n) is 5.45. The Morgan fingerprint density at radius 3 is 1.67 bits per heavy atom. The molecule has 2 rings (SSSR count). The summed E-state index contributed by atoms with van der Waals surface area (Å²) in [4.78, 5) is 0. The number of aryl methyl sites for hydroxylation is 4. The van der Waals surface area contributed by atoms with Crippen molar-refractivity contribution in [3.05, 3.63) is 23.8 Å². The van der Waals surface area contributed by atoms with Crippen molar-refractivity contribution in [2.45, 2.75) is 145 Å². The minimum absolute atomic E-state index is 0.851. The first-order chi connectivity index (χ1) is 16.1. The topological polar surface area (TPSA) is 61.4 Å². The highest BCUT2D eigenvalue weighted by atomic mass is 15.4. The monoisotopic (exact) mass is 462 g/mol. The van der Waals surface area contributed by atoms with E-state index < -0.39 is 0 Å². The molecule has 2 aromatic heterocycles. The quantitative estimate of drug-likeness (QED) is 0.240. The van der Waals surface area contributed by atoms with Gasteiger partial charge in [0.05, 0.1) is 11.4 Å². The molecule has 0 unspecified atom stereocenters. The lowest BCUT2D eigenvalue weighted by Gasteiger charge is -2.03. The van der Waals surface area contributed by atoms with Gasteiger partial charge in [0.25, 0.3) is 0 Å². The van der Waals surface area contributed by atoms with Crippen LogP contribution in [-0.4, -0.2) is 30.0 Å². The molecule has 0 atom stereocenters. The average molecular weight is 463 g/mol. The number of hydrogen-bond acceptors (Lipinski definition) is 4. The van der Waals surface area contributed by atoms with Crippen LogP contribution in [0.2, 0.25) is 0 Å². The molecule has 0 saturated heterocycles. The maximum absolute atomic E-state index is 4.19. The largest absolute Gasteiger partial charge is 0.253 e. The Morgan fingerprint density at radius 1 is 0.667 bits per heavy atom. The summed E-state index contributed by atoms with van der Waals surface area (Å²) in [5, 5.41) is 16.4. The van der Waals surface area contributed by atoms with E-state index in [1.54, 1.807) is 0 Å². The van der Waals surface area contributed by atoms with E-state index in [1.165, 1.54) is 64.2 Å². The van der Waals surface area contributed by atoms with Gasteiger partial charge in [-0.3, -0.25) is 9.36 Å². The van der Waals surface area contributed by atoms with Crippen LogP contribution in [0, 0.1) is 5.92 Å². The summed E-state index contributed by atoms with van der Waals surface area (Å²) in [6, 6.07) is 0. The molecular formula is C27H54N6. The number of nitrogens with zero attached hydrogens (tertiary/aromatic N) is 6. The lowest BCUT2D eigenvalue weighted by atomic mass is 10.0. The van der Waals surface area contributed by atoms with E-state index in [4.69, 9.17) is 0 Å². The molecular weight excluding hydrogens is 408 g/mol. The third kappa shape index (κ3) is 17.4. The van der Waals surface area contributed by atoms with Crippen LogP contribution in [0.1, 0.15) is 130 Å². The summed E-state index contributed by atoms with van der Waals surface area (Å²) in [6.07, 6.45) is 20.7. The first-order valence-electron chi connectivity index (χ1n) is 13.9. The highest BCUT2D eigenvalue weighted by Crippen LogP contribution is 2.11. The molecule has 0 spiro atoms. The molecule has 6 heteroatoms. The van der Waals surface area contributed by atoms with Crippen molar-refractivity contribution in [1.82, 2.24) is 30.0 Å². The predicted octanol–water partition coefficient (Wildman–Crippen LogP) is 7.67. The van der Waals surface area contributed by atoms with Gasteiger partial charge in [-0.1, -0.05) is 103 Å². The van der Waals surface area contributed by atoms with Crippen molar-refractivity contribution in [2.75, 3.05) is 0 Å². The standard InChI is InChI=1S/C14H27N3.C11H21N3.C2H6/c1-4-11-17-12-14(15-16-17)10-8-6-5-7-9-13(2)3;1-3-5-6-7-8-9-11-10-14(4-2)13-12-11;1-2/h12-13H,4-11H2,1-3H3;10H,3-9H2,1-2H3;1-2H3. The first kappa shape index (κ1) is 31.3. The molecule has 0 N–H and O–H groups in total. The Balaban J connectivity index is 0.000000586.